The van der Waals surface area contributed by atoms with E-state index in [1.165, 1.54) is 23.1 Å². The summed E-state index contributed by atoms with van der Waals surface area (Å²) in [5.74, 6) is 1.38. The summed E-state index contributed by atoms with van der Waals surface area (Å²) in [5, 5.41) is 10.7. The van der Waals surface area contributed by atoms with Gasteiger partial charge in [0.1, 0.15) is 5.75 Å². The van der Waals surface area contributed by atoms with E-state index in [1.807, 2.05) is 6.07 Å². The summed E-state index contributed by atoms with van der Waals surface area (Å²) in [4.78, 5) is 0.944. The van der Waals surface area contributed by atoms with Crippen LogP contribution in [0.5, 0.6) is 5.75 Å². The largest absolute Gasteiger partial charge is 0.494 e. The molecule has 7 heteroatoms. The van der Waals surface area contributed by atoms with Crippen LogP contribution in [-0.4, -0.2) is 19.6 Å². The average Bonchev–Trinajstić information content (AvgIpc) is 2.61. The lowest BCUT2D eigenvalue weighted by molar-refractivity contribution is 0.416. The van der Waals surface area contributed by atoms with Crippen LogP contribution in [0.25, 0.3) is 0 Å². The van der Waals surface area contributed by atoms with Crippen molar-refractivity contribution >= 4 is 40.9 Å². The maximum atomic E-state index is 6.10. The second-order valence-corrected chi connectivity index (χ2v) is 6.91. The van der Waals surface area contributed by atoms with Crippen molar-refractivity contribution in [2.24, 2.45) is 4.40 Å². The molecule has 2 aliphatic rings. The second kappa shape index (κ2) is 6.55. The smallest absolute Gasteiger partial charge is 0.212 e. The summed E-state index contributed by atoms with van der Waals surface area (Å²) in [7, 11) is 1.63. The molecular weight excluding hydrogens is 344 g/mol. The first-order valence-electron chi connectivity index (χ1n) is 7.72. The molecule has 2 aromatic carbocycles. The number of rotatable bonds is 2. The van der Waals surface area contributed by atoms with Gasteiger partial charge in [-0.05, 0) is 42.3 Å². The summed E-state index contributed by atoms with van der Waals surface area (Å²) in [6.07, 6.45) is 1.08. The molecule has 0 fully saturated rings. The molecule has 2 heterocycles. The zero-order valence-corrected chi connectivity index (χ0v) is 14.7. The highest BCUT2D eigenvalue weighted by Gasteiger charge is 2.19. The van der Waals surface area contributed by atoms with Crippen LogP contribution >= 0.6 is 23.5 Å². The van der Waals surface area contributed by atoms with Gasteiger partial charge in [0.25, 0.3) is 0 Å². The minimum absolute atomic E-state index is 0.633. The highest BCUT2D eigenvalue weighted by Crippen LogP contribution is 2.41. The van der Waals surface area contributed by atoms with E-state index >= 15 is 0 Å². The van der Waals surface area contributed by atoms with Gasteiger partial charge in [-0.3, -0.25) is 0 Å². The van der Waals surface area contributed by atoms with Crippen molar-refractivity contribution in [3.05, 3.63) is 46.5 Å². The van der Waals surface area contributed by atoms with Gasteiger partial charge in [-0.15, -0.1) is 0 Å². The molecule has 24 heavy (non-hydrogen) atoms. The molecule has 124 valence electrons. The Morgan fingerprint density at radius 1 is 1.25 bits per heavy atom. The molecule has 0 aromatic heterocycles. The van der Waals surface area contributed by atoms with Gasteiger partial charge in [0, 0.05) is 35.3 Å². The Bertz CT molecular complexity index is 824. The number of anilines is 2. The van der Waals surface area contributed by atoms with Crippen LogP contribution in [0.4, 0.5) is 11.4 Å². The summed E-state index contributed by atoms with van der Waals surface area (Å²) >= 11 is 7.48. The number of hydrogen-bond donors (Lipinski definition) is 3. The van der Waals surface area contributed by atoms with E-state index in [-0.39, 0.29) is 0 Å². The van der Waals surface area contributed by atoms with E-state index in [2.05, 4.69) is 38.5 Å². The van der Waals surface area contributed by atoms with Crippen molar-refractivity contribution < 1.29 is 4.74 Å². The van der Waals surface area contributed by atoms with Crippen molar-refractivity contribution in [2.75, 3.05) is 24.3 Å². The first kappa shape index (κ1) is 15.6. The van der Waals surface area contributed by atoms with Crippen LogP contribution < -0.4 is 20.7 Å². The fourth-order valence-corrected chi connectivity index (χ4v) is 3.88. The Balaban J connectivity index is 1.56. The van der Waals surface area contributed by atoms with Gasteiger partial charge in [0.15, 0.2) is 0 Å². The van der Waals surface area contributed by atoms with Crippen molar-refractivity contribution in [3.63, 3.8) is 0 Å². The number of guanidine groups is 1. The number of benzene rings is 2. The van der Waals surface area contributed by atoms with E-state index in [0.29, 0.717) is 16.7 Å². The zero-order chi connectivity index (χ0) is 16.5. The van der Waals surface area contributed by atoms with Gasteiger partial charge in [-0.1, -0.05) is 17.7 Å². The number of methoxy groups -OCH3 is 1. The molecule has 0 radical (unpaired) electrons. The van der Waals surface area contributed by atoms with Crippen LogP contribution in [0.1, 0.15) is 11.1 Å². The third-order valence-electron chi connectivity index (χ3n) is 4.08. The lowest BCUT2D eigenvalue weighted by Crippen LogP contribution is -2.26. The van der Waals surface area contributed by atoms with Gasteiger partial charge >= 0.3 is 0 Å². The molecule has 0 aliphatic carbocycles. The fourth-order valence-electron chi connectivity index (χ4n) is 2.90. The molecule has 2 aliphatic heterocycles. The molecule has 0 saturated carbocycles. The highest BCUT2D eigenvalue weighted by molar-refractivity contribution is 7.98. The van der Waals surface area contributed by atoms with E-state index < -0.39 is 0 Å². The van der Waals surface area contributed by atoms with Crippen molar-refractivity contribution in [1.29, 1.82) is 0 Å². The van der Waals surface area contributed by atoms with Gasteiger partial charge in [0.2, 0.25) is 5.96 Å². The molecule has 0 amide bonds. The van der Waals surface area contributed by atoms with Crippen LogP contribution in [-0.2, 0) is 13.0 Å². The number of nitrogens with zero attached hydrogens (tertiary/aromatic N) is 1. The van der Waals surface area contributed by atoms with Crippen LogP contribution in [0.3, 0.4) is 0 Å². The number of fused-ring (bicyclic) bond motifs is 2. The summed E-state index contributed by atoms with van der Waals surface area (Å²) < 4.78 is 9.89. The third kappa shape index (κ3) is 3.05. The number of hydrogen-bond acceptors (Lipinski definition) is 6. The van der Waals surface area contributed by atoms with E-state index in [4.69, 9.17) is 16.3 Å². The first-order valence-corrected chi connectivity index (χ1v) is 8.87. The topological polar surface area (TPSA) is 57.7 Å². The van der Waals surface area contributed by atoms with Crippen molar-refractivity contribution in [3.8, 4) is 5.75 Å². The molecule has 0 bridgehead atoms. The number of halogens is 1. The van der Waals surface area contributed by atoms with Crippen LogP contribution in [0.15, 0.2) is 39.6 Å². The molecule has 0 atom stereocenters. The maximum Gasteiger partial charge on any atom is 0.212 e. The van der Waals surface area contributed by atoms with Gasteiger partial charge in [-0.25, -0.2) is 0 Å². The Kier molecular flexibility index (Phi) is 4.26. The maximum absolute atomic E-state index is 6.10. The predicted molar refractivity (Wildman–Crippen MR) is 100 cm³/mol. The molecule has 5 nitrogen and oxygen atoms in total. The molecule has 0 spiro atoms. The predicted octanol–water partition coefficient (Wildman–Crippen LogP) is 3.90. The van der Waals surface area contributed by atoms with Gasteiger partial charge in [0.05, 0.1) is 17.7 Å². The highest BCUT2D eigenvalue weighted by atomic mass is 35.5. The molecular formula is C17H17ClN4OS. The van der Waals surface area contributed by atoms with E-state index in [0.717, 1.165) is 35.8 Å². The van der Waals surface area contributed by atoms with Crippen LogP contribution in [0.2, 0.25) is 5.02 Å². The van der Waals surface area contributed by atoms with Crippen molar-refractivity contribution in [2.45, 2.75) is 17.9 Å². The monoisotopic (exact) mass is 360 g/mol. The van der Waals surface area contributed by atoms with E-state index in [9.17, 15) is 0 Å². The van der Waals surface area contributed by atoms with Gasteiger partial charge < -0.3 is 20.7 Å². The normalized spacial score (nSPS) is 15.7. The molecule has 3 N–H and O–H groups in total. The van der Waals surface area contributed by atoms with Gasteiger partial charge in [-0.2, -0.15) is 4.40 Å². The minimum atomic E-state index is 0.633. The summed E-state index contributed by atoms with van der Waals surface area (Å²) in [6.45, 7) is 1.96. The molecule has 0 unspecified atom stereocenters. The van der Waals surface area contributed by atoms with Crippen LogP contribution in [0, 0.1) is 0 Å². The lowest BCUT2D eigenvalue weighted by Gasteiger charge is -2.22. The Morgan fingerprint density at radius 3 is 3.04 bits per heavy atom. The number of ether oxygens (including phenoxy) is 1. The SMILES string of the molecule is COc1cc(Cl)cc2c1NC(Nc1ccc3c(c1)CNCC3)=NS2. The van der Waals surface area contributed by atoms with E-state index in [1.54, 1.807) is 13.2 Å². The Labute approximate surface area is 150 Å². The third-order valence-corrected chi connectivity index (χ3v) is 5.10. The standard InChI is InChI=1S/C17H17ClN4OS/c1-23-14-7-12(18)8-15-16(14)21-17(22-24-15)20-13-3-2-10-4-5-19-9-11(10)6-13/h2-3,6-8,19H,4-5,9H2,1H3,(H2,20,21,22). The average molecular weight is 361 g/mol. The summed E-state index contributed by atoms with van der Waals surface area (Å²) in [5.41, 5.74) is 4.64. The quantitative estimate of drug-likeness (QED) is 0.709. The zero-order valence-electron chi connectivity index (χ0n) is 13.1. The lowest BCUT2D eigenvalue weighted by atomic mass is 10.0. The number of nitrogens with one attached hydrogen (secondary N) is 3. The minimum Gasteiger partial charge on any atom is -0.494 e. The molecule has 2 aromatic rings. The molecule has 0 saturated heterocycles. The van der Waals surface area contributed by atoms with Crippen molar-refractivity contribution in [1.82, 2.24) is 5.32 Å². The Morgan fingerprint density at radius 2 is 2.17 bits per heavy atom. The molecule has 4 rings (SSSR count). The summed E-state index contributed by atoms with van der Waals surface area (Å²) in [6, 6.07) is 10.1. The fraction of sp³-hybridized carbons (Fsp3) is 0.235. The Hall–Kier alpha value is -1.89. The first-order chi connectivity index (χ1) is 11.7. The second-order valence-electron chi connectivity index (χ2n) is 5.67.